The van der Waals surface area contributed by atoms with E-state index in [4.69, 9.17) is 16.3 Å². The van der Waals surface area contributed by atoms with Gasteiger partial charge in [0.1, 0.15) is 17.3 Å². The van der Waals surface area contributed by atoms with Crippen molar-refractivity contribution in [3.63, 3.8) is 0 Å². The van der Waals surface area contributed by atoms with E-state index in [0.717, 1.165) is 16.3 Å². The number of nitrogens with one attached hydrogen (secondary N) is 1. The molecule has 0 unspecified atom stereocenters. The molecule has 0 aliphatic rings. The standard InChI is InChI=1S/C29H25ClFN3O4/c1-2-34(17-21-7-3-6-10-25(21)31)28(36)18-38-27-14-12-20(22-8-4-5-9-23(22)27)16-32-33-29(37)19-11-13-26(35)24(30)15-19/h3-16,35H,2,17-18H2,1H3,(H,33,37)/b32-16+. The lowest BCUT2D eigenvalue weighted by Crippen LogP contribution is -2.34. The molecular formula is C29H25ClFN3O4. The number of nitrogens with zero attached hydrogens (tertiary/aromatic N) is 2. The lowest BCUT2D eigenvalue weighted by atomic mass is 10.0. The van der Waals surface area contributed by atoms with Crippen LogP contribution in [0.3, 0.4) is 0 Å². The first-order chi connectivity index (χ1) is 18.4. The minimum Gasteiger partial charge on any atom is -0.506 e. The van der Waals surface area contributed by atoms with Gasteiger partial charge in [0.05, 0.1) is 11.2 Å². The van der Waals surface area contributed by atoms with Crippen molar-refractivity contribution in [3.8, 4) is 11.5 Å². The molecule has 194 valence electrons. The zero-order valence-electron chi connectivity index (χ0n) is 20.5. The number of ether oxygens (including phenoxy) is 1. The number of phenols is 1. The van der Waals surface area contributed by atoms with Crippen LogP contribution >= 0.6 is 11.6 Å². The average molecular weight is 534 g/mol. The molecule has 0 fully saturated rings. The lowest BCUT2D eigenvalue weighted by Gasteiger charge is -2.21. The highest BCUT2D eigenvalue weighted by Gasteiger charge is 2.16. The Morgan fingerprint density at radius 3 is 2.53 bits per heavy atom. The first-order valence-corrected chi connectivity index (χ1v) is 12.2. The number of phenolic OH excluding ortho intramolecular Hbond substituents is 1. The van der Waals surface area contributed by atoms with E-state index in [-0.39, 0.29) is 41.2 Å². The Morgan fingerprint density at radius 2 is 1.79 bits per heavy atom. The van der Waals surface area contributed by atoms with Crippen molar-refractivity contribution in [1.82, 2.24) is 10.3 Å². The molecule has 2 N–H and O–H groups in total. The third-order valence-electron chi connectivity index (χ3n) is 5.90. The Morgan fingerprint density at radius 1 is 1.05 bits per heavy atom. The summed E-state index contributed by atoms with van der Waals surface area (Å²) in [5.41, 5.74) is 3.85. The predicted molar refractivity (Wildman–Crippen MR) is 145 cm³/mol. The summed E-state index contributed by atoms with van der Waals surface area (Å²) in [4.78, 5) is 26.7. The topological polar surface area (TPSA) is 91.2 Å². The SMILES string of the molecule is CCN(Cc1ccccc1F)C(=O)COc1ccc(/C=N/NC(=O)c2ccc(O)c(Cl)c2)c2ccccc12. The molecular weight excluding hydrogens is 509 g/mol. The molecule has 7 nitrogen and oxygen atoms in total. The van der Waals surface area contributed by atoms with Gasteiger partial charge in [-0.15, -0.1) is 0 Å². The molecule has 4 aromatic carbocycles. The number of halogens is 2. The van der Waals surface area contributed by atoms with Crippen molar-refractivity contribution >= 4 is 40.4 Å². The molecule has 0 radical (unpaired) electrons. The number of carbonyl (C=O) groups excluding carboxylic acids is 2. The van der Waals surface area contributed by atoms with Crippen LogP contribution in [0.4, 0.5) is 4.39 Å². The van der Waals surface area contributed by atoms with Crippen LogP contribution in [0.15, 0.2) is 84.0 Å². The van der Waals surface area contributed by atoms with E-state index < -0.39 is 5.91 Å². The normalized spacial score (nSPS) is 11.0. The zero-order chi connectivity index (χ0) is 27.1. The Labute approximate surface area is 224 Å². The van der Waals surface area contributed by atoms with Crippen LogP contribution in [0, 0.1) is 5.82 Å². The summed E-state index contributed by atoms with van der Waals surface area (Å²) >= 11 is 5.86. The van der Waals surface area contributed by atoms with Gasteiger partial charge in [0, 0.05) is 35.2 Å². The number of hydrazone groups is 1. The predicted octanol–water partition coefficient (Wildman–Crippen LogP) is 5.53. The second-order valence-electron chi connectivity index (χ2n) is 8.35. The summed E-state index contributed by atoms with van der Waals surface area (Å²) in [6, 6.07) is 21.4. The summed E-state index contributed by atoms with van der Waals surface area (Å²) in [7, 11) is 0. The minimum atomic E-state index is -0.484. The molecule has 0 saturated carbocycles. The van der Waals surface area contributed by atoms with Crippen molar-refractivity contribution in [3.05, 3.63) is 106 Å². The Bertz CT molecular complexity index is 1510. The largest absolute Gasteiger partial charge is 0.506 e. The highest BCUT2D eigenvalue weighted by Crippen LogP contribution is 2.28. The average Bonchev–Trinajstić information content (AvgIpc) is 2.93. The van der Waals surface area contributed by atoms with Crippen molar-refractivity contribution in [1.29, 1.82) is 0 Å². The van der Waals surface area contributed by atoms with Crippen molar-refractivity contribution in [2.45, 2.75) is 13.5 Å². The van der Waals surface area contributed by atoms with Crippen LogP contribution in [0.1, 0.15) is 28.4 Å². The molecule has 0 saturated heterocycles. The van der Waals surface area contributed by atoms with Crippen LogP contribution in [-0.2, 0) is 11.3 Å². The van der Waals surface area contributed by atoms with E-state index in [1.54, 1.807) is 30.3 Å². The van der Waals surface area contributed by atoms with Gasteiger partial charge >= 0.3 is 0 Å². The molecule has 4 rings (SSSR count). The molecule has 0 aromatic heterocycles. The number of carbonyl (C=O) groups is 2. The fourth-order valence-corrected chi connectivity index (χ4v) is 4.03. The summed E-state index contributed by atoms with van der Waals surface area (Å²) in [6.45, 7) is 2.20. The number of amides is 2. The van der Waals surface area contributed by atoms with Gasteiger partial charge in [-0.2, -0.15) is 5.10 Å². The smallest absolute Gasteiger partial charge is 0.271 e. The quantitative estimate of drug-likeness (QED) is 0.219. The molecule has 0 spiro atoms. The maximum Gasteiger partial charge on any atom is 0.271 e. The molecule has 0 aliphatic heterocycles. The number of likely N-dealkylation sites (N-methyl/N-ethyl adjacent to an activating group) is 1. The van der Waals surface area contributed by atoms with Gasteiger partial charge in [-0.1, -0.05) is 54.1 Å². The molecule has 0 aliphatic carbocycles. The van der Waals surface area contributed by atoms with Crippen LogP contribution in [-0.4, -0.2) is 41.2 Å². The number of hydrogen-bond donors (Lipinski definition) is 2. The molecule has 9 heteroatoms. The Balaban J connectivity index is 1.45. The monoisotopic (exact) mass is 533 g/mol. The first-order valence-electron chi connectivity index (χ1n) is 11.8. The Hall–Kier alpha value is -4.43. The van der Waals surface area contributed by atoms with E-state index in [2.05, 4.69) is 10.5 Å². The number of benzene rings is 4. The highest BCUT2D eigenvalue weighted by atomic mass is 35.5. The van der Waals surface area contributed by atoms with Crippen LogP contribution < -0.4 is 10.2 Å². The molecule has 0 heterocycles. The van der Waals surface area contributed by atoms with Crippen LogP contribution in [0.25, 0.3) is 10.8 Å². The van der Waals surface area contributed by atoms with Crippen molar-refractivity contribution < 1.29 is 23.8 Å². The second kappa shape index (κ2) is 12.2. The number of rotatable bonds is 9. The zero-order valence-corrected chi connectivity index (χ0v) is 21.3. The van der Waals surface area contributed by atoms with E-state index in [0.29, 0.717) is 17.9 Å². The summed E-state index contributed by atoms with van der Waals surface area (Å²) in [5, 5.41) is 15.2. The van der Waals surface area contributed by atoms with Gasteiger partial charge in [-0.3, -0.25) is 9.59 Å². The summed E-state index contributed by atoms with van der Waals surface area (Å²) < 4.78 is 19.9. The van der Waals surface area contributed by atoms with Gasteiger partial charge in [0.15, 0.2) is 6.61 Å². The van der Waals surface area contributed by atoms with E-state index in [9.17, 15) is 19.1 Å². The third kappa shape index (κ3) is 6.27. The fraction of sp³-hybridized carbons (Fsp3) is 0.138. The van der Waals surface area contributed by atoms with E-state index in [1.165, 1.54) is 35.4 Å². The fourth-order valence-electron chi connectivity index (χ4n) is 3.85. The second-order valence-corrected chi connectivity index (χ2v) is 8.76. The number of hydrogen-bond acceptors (Lipinski definition) is 5. The maximum atomic E-state index is 14.0. The minimum absolute atomic E-state index is 0.0657. The van der Waals surface area contributed by atoms with Gasteiger partial charge in [-0.05, 0) is 48.7 Å². The summed E-state index contributed by atoms with van der Waals surface area (Å²) in [6.07, 6.45) is 1.50. The highest BCUT2D eigenvalue weighted by molar-refractivity contribution is 6.32. The van der Waals surface area contributed by atoms with Crippen molar-refractivity contribution in [2.75, 3.05) is 13.2 Å². The molecule has 0 bridgehead atoms. The van der Waals surface area contributed by atoms with Gasteiger partial charge < -0.3 is 14.7 Å². The molecule has 0 atom stereocenters. The first kappa shape index (κ1) is 26.6. The van der Waals surface area contributed by atoms with Crippen LogP contribution in [0.2, 0.25) is 5.02 Å². The van der Waals surface area contributed by atoms with Gasteiger partial charge in [0.25, 0.3) is 11.8 Å². The van der Waals surface area contributed by atoms with E-state index >= 15 is 0 Å². The molecule has 4 aromatic rings. The van der Waals surface area contributed by atoms with Gasteiger partial charge in [0.2, 0.25) is 0 Å². The number of fused-ring (bicyclic) bond motifs is 1. The number of aromatic hydroxyl groups is 1. The maximum absolute atomic E-state index is 14.0. The summed E-state index contributed by atoms with van der Waals surface area (Å²) in [5.74, 6) is -0.708. The van der Waals surface area contributed by atoms with E-state index in [1.807, 2.05) is 31.2 Å². The van der Waals surface area contributed by atoms with Gasteiger partial charge in [-0.25, -0.2) is 9.82 Å². The Kier molecular flexibility index (Phi) is 8.55. The van der Waals surface area contributed by atoms with Crippen molar-refractivity contribution in [2.24, 2.45) is 5.10 Å². The third-order valence-corrected chi connectivity index (χ3v) is 6.20. The molecule has 2 amide bonds. The van der Waals surface area contributed by atoms with Crippen LogP contribution in [0.5, 0.6) is 11.5 Å². The lowest BCUT2D eigenvalue weighted by molar-refractivity contribution is -0.133. The molecule has 38 heavy (non-hydrogen) atoms.